The summed E-state index contributed by atoms with van der Waals surface area (Å²) in [6, 6.07) is 0.118. The highest BCUT2D eigenvalue weighted by atomic mass is 32.1. The molecule has 0 aliphatic rings. The van der Waals surface area contributed by atoms with Crippen LogP contribution in [0.3, 0.4) is 0 Å². The zero-order valence-corrected chi connectivity index (χ0v) is 7.72. The van der Waals surface area contributed by atoms with Gasteiger partial charge >= 0.3 is 5.97 Å². The zero-order valence-electron chi connectivity index (χ0n) is 6.90. The monoisotopic (exact) mass is 186 g/mol. The molecule has 0 fully saturated rings. The Labute approximate surface area is 74.5 Å². The van der Waals surface area contributed by atoms with Gasteiger partial charge in [0.25, 0.3) is 0 Å². The first-order valence-electron chi connectivity index (χ1n) is 3.55. The molecule has 1 heterocycles. The lowest BCUT2D eigenvalue weighted by atomic mass is 10.4. The number of hydroxylamine groups is 1. The second kappa shape index (κ2) is 4.18. The van der Waals surface area contributed by atoms with Crippen molar-refractivity contribution in [2.24, 2.45) is 0 Å². The van der Waals surface area contributed by atoms with Gasteiger partial charge in [-0.15, -0.1) is 11.3 Å². The van der Waals surface area contributed by atoms with Crippen molar-refractivity contribution < 1.29 is 9.63 Å². The van der Waals surface area contributed by atoms with Gasteiger partial charge in [0.1, 0.15) is 0 Å². The number of carbonyl (C=O) groups is 1. The van der Waals surface area contributed by atoms with Gasteiger partial charge in [-0.1, -0.05) is 0 Å². The first kappa shape index (κ1) is 9.15. The molecule has 1 rings (SSSR count). The molecule has 0 atom stereocenters. The number of nitrogens with one attached hydrogen (secondary N) is 1. The highest BCUT2D eigenvalue weighted by Crippen LogP contribution is 2.01. The number of aromatic nitrogens is 1. The van der Waals surface area contributed by atoms with Crippen LogP contribution in [0.5, 0.6) is 0 Å². The van der Waals surface area contributed by atoms with Crippen LogP contribution in [0, 0.1) is 0 Å². The summed E-state index contributed by atoms with van der Waals surface area (Å²) in [6.45, 7) is 3.77. The summed E-state index contributed by atoms with van der Waals surface area (Å²) in [7, 11) is 0. The third-order valence-electron chi connectivity index (χ3n) is 1.03. The minimum Gasteiger partial charge on any atom is -0.365 e. The molecule has 0 saturated heterocycles. The summed E-state index contributed by atoms with van der Waals surface area (Å²) in [5.74, 6) is -0.440. The van der Waals surface area contributed by atoms with Gasteiger partial charge < -0.3 is 4.84 Å². The SMILES string of the molecule is CC(C)NOC(=O)c1cscn1. The number of nitrogens with zero attached hydrogens (tertiary/aromatic N) is 1. The first-order valence-corrected chi connectivity index (χ1v) is 4.49. The average Bonchev–Trinajstić information content (AvgIpc) is 2.51. The summed E-state index contributed by atoms with van der Waals surface area (Å²) in [4.78, 5) is 19.6. The van der Waals surface area contributed by atoms with Gasteiger partial charge in [-0.3, -0.25) is 0 Å². The fraction of sp³-hybridized carbons (Fsp3) is 0.429. The molecular formula is C7H10N2O2S. The molecule has 1 aromatic rings. The van der Waals surface area contributed by atoms with E-state index >= 15 is 0 Å². The standard InChI is InChI=1S/C7H10N2O2S/c1-5(2)9-11-7(10)6-3-12-4-8-6/h3-5,9H,1-2H3. The van der Waals surface area contributed by atoms with E-state index in [-0.39, 0.29) is 6.04 Å². The van der Waals surface area contributed by atoms with Crippen molar-refractivity contribution >= 4 is 17.3 Å². The highest BCUT2D eigenvalue weighted by Gasteiger charge is 2.09. The van der Waals surface area contributed by atoms with Gasteiger partial charge in [0.15, 0.2) is 5.69 Å². The van der Waals surface area contributed by atoms with Gasteiger partial charge in [0.2, 0.25) is 0 Å². The molecule has 4 nitrogen and oxygen atoms in total. The second-order valence-electron chi connectivity index (χ2n) is 2.54. The lowest BCUT2D eigenvalue weighted by Gasteiger charge is -2.05. The van der Waals surface area contributed by atoms with Gasteiger partial charge in [0, 0.05) is 11.4 Å². The molecular weight excluding hydrogens is 176 g/mol. The third kappa shape index (κ3) is 2.60. The number of rotatable bonds is 3. The molecule has 0 aliphatic carbocycles. The number of carbonyl (C=O) groups excluding carboxylic acids is 1. The fourth-order valence-corrected chi connectivity index (χ4v) is 1.06. The van der Waals surface area contributed by atoms with Crippen molar-refractivity contribution in [1.29, 1.82) is 0 Å². The number of hydrogen-bond acceptors (Lipinski definition) is 5. The summed E-state index contributed by atoms with van der Waals surface area (Å²) in [5, 5.41) is 1.64. The van der Waals surface area contributed by atoms with E-state index in [1.165, 1.54) is 11.3 Å². The Morgan fingerprint density at radius 1 is 1.75 bits per heavy atom. The van der Waals surface area contributed by atoms with Gasteiger partial charge in [-0.25, -0.2) is 9.78 Å². The van der Waals surface area contributed by atoms with E-state index in [4.69, 9.17) is 4.84 Å². The van der Waals surface area contributed by atoms with Crippen LogP contribution in [0.25, 0.3) is 0 Å². The van der Waals surface area contributed by atoms with Crippen LogP contribution in [-0.2, 0) is 4.84 Å². The Kier molecular flexibility index (Phi) is 3.19. The van der Waals surface area contributed by atoms with E-state index in [0.29, 0.717) is 5.69 Å². The predicted octanol–water partition coefficient (Wildman–Crippen LogP) is 1.21. The minimum atomic E-state index is -0.440. The van der Waals surface area contributed by atoms with E-state index in [1.807, 2.05) is 13.8 Å². The maximum Gasteiger partial charge on any atom is 0.376 e. The van der Waals surface area contributed by atoms with E-state index < -0.39 is 5.97 Å². The molecule has 1 aromatic heterocycles. The largest absolute Gasteiger partial charge is 0.376 e. The maximum absolute atomic E-state index is 11.1. The van der Waals surface area contributed by atoms with Crippen molar-refractivity contribution in [1.82, 2.24) is 10.5 Å². The first-order chi connectivity index (χ1) is 5.70. The van der Waals surface area contributed by atoms with E-state index in [1.54, 1.807) is 10.9 Å². The van der Waals surface area contributed by atoms with Crippen LogP contribution in [-0.4, -0.2) is 17.0 Å². The number of hydrogen-bond donors (Lipinski definition) is 1. The van der Waals surface area contributed by atoms with Crippen molar-refractivity contribution in [3.8, 4) is 0 Å². The summed E-state index contributed by atoms with van der Waals surface area (Å²) in [6.07, 6.45) is 0. The van der Waals surface area contributed by atoms with Crippen molar-refractivity contribution in [2.75, 3.05) is 0 Å². The Morgan fingerprint density at radius 2 is 2.50 bits per heavy atom. The predicted molar refractivity (Wildman–Crippen MR) is 45.8 cm³/mol. The molecule has 0 bridgehead atoms. The maximum atomic E-state index is 11.1. The van der Waals surface area contributed by atoms with Gasteiger partial charge in [-0.2, -0.15) is 5.48 Å². The topological polar surface area (TPSA) is 51.2 Å². The molecule has 0 spiro atoms. The summed E-state index contributed by atoms with van der Waals surface area (Å²) < 4.78 is 0. The van der Waals surface area contributed by atoms with Crippen molar-refractivity contribution in [3.05, 3.63) is 16.6 Å². The second-order valence-corrected chi connectivity index (χ2v) is 3.25. The Morgan fingerprint density at radius 3 is 3.00 bits per heavy atom. The van der Waals surface area contributed by atoms with E-state index in [9.17, 15) is 4.79 Å². The molecule has 0 aromatic carbocycles. The highest BCUT2D eigenvalue weighted by molar-refractivity contribution is 7.07. The molecule has 0 amide bonds. The van der Waals surface area contributed by atoms with Crippen LogP contribution >= 0.6 is 11.3 Å². The summed E-state index contributed by atoms with van der Waals surface area (Å²) in [5.41, 5.74) is 4.48. The van der Waals surface area contributed by atoms with Crippen LogP contribution in [0.2, 0.25) is 0 Å². The summed E-state index contributed by atoms with van der Waals surface area (Å²) >= 11 is 1.36. The Bertz CT molecular complexity index is 246. The smallest absolute Gasteiger partial charge is 0.365 e. The van der Waals surface area contributed by atoms with Crippen molar-refractivity contribution in [2.45, 2.75) is 19.9 Å². The molecule has 5 heteroatoms. The zero-order chi connectivity index (χ0) is 8.97. The van der Waals surface area contributed by atoms with E-state index in [2.05, 4.69) is 10.5 Å². The normalized spacial score (nSPS) is 10.2. The van der Waals surface area contributed by atoms with Crippen LogP contribution in [0.15, 0.2) is 10.9 Å². The fourth-order valence-electron chi connectivity index (χ4n) is 0.537. The molecule has 0 saturated carbocycles. The van der Waals surface area contributed by atoms with Crippen molar-refractivity contribution in [3.63, 3.8) is 0 Å². The van der Waals surface area contributed by atoms with Crippen LogP contribution in [0.1, 0.15) is 24.3 Å². The third-order valence-corrected chi connectivity index (χ3v) is 1.62. The lowest BCUT2D eigenvalue weighted by Crippen LogP contribution is -2.26. The van der Waals surface area contributed by atoms with Gasteiger partial charge in [-0.05, 0) is 13.8 Å². The van der Waals surface area contributed by atoms with Crippen LogP contribution < -0.4 is 5.48 Å². The molecule has 0 aliphatic heterocycles. The Balaban J connectivity index is 2.40. The lowest BCUT2D eigenvalue weighted by molar-refractivity contribution is 0.0182. The van der Waals surface area contributed by atoms with Crippen LogP contribution in [0.4, 0.5) is 0 Å². The number of thiazole rings is 1. The van der Waals surface area contributed by atoms with E-state index in [0.717, 1.165) is 0 Å². The molecule has 12 heavy (non-hydrogen) atoms. The molecule has 0 radical (unpaired) electrons. The quantitative estimate of drug-likeness (QED) is 0.721. The molecule has 66 valence electrons. The van der Waals surface area contributed by atoms with Gasteiger partial charge in [0.05, 0.1) is 5.51 Å². The Hall–Kier alpha value is -0.940. The molecule has 0 unspecified atom stereocenters. The molecule has 1 N–H and O–H groups in total. The minimum absolute atomic E-state index is 0.118. The average molecular weight is 186 g/mol.